The lowest BCUT2D eigenvalue weighted by Gasteiger charge is -2.09. The van der Waals surface area contributed by atoms with Crippen molar-refractivity contribution in [1.82, 2.24) is 10.7 Å². The number of benzene rings is 2. The van der Waals surface area contributed by atoms with E-state index in [1.54, 1.807) is 13.3 Å². The molecule has 0 heterocycles. The van der Waals surface area contributed by atoms with Gasteiger partial charge in [0.25, 0.3) is 0 Å². The van der Waals surface area contributed by atoms with Crippen LogP contribution in [0.2, 0.25) is 0 Å². The van der Waals surface area contributed by atoms with Gasteiger partial charge in [0.05, 0.1) is 12.8 Å². The Hall–Kier alpha value is -2.40. The minimum atomic E-state index is 0.471. The normalized spacial score (nSPS) is 10.4. The highest BCUT2D eigenvalue weighted by atomic mass is 32.1. The second-order valence-corrected chi connectivity index (χ2v) is 4.98. The van der Waals surface area contributed by atoms with E-state index in [-0.39, 0.29) is 0 Å². The van der Waals surface area contributed by atoms with Gasteiger partial charge in [-0.2, -0.15) is 5.10 Å². The molecule has 114 valence electrons. The third-order valence-electron chi connectivity index (χ3n) is 3.01. The van der Waals surface area contributed by atoms with E-state index in [0.717, 1.165) is 17.7 Å². The molecule has 0 amide bonds. The Morgan fingerprint density at radius 3 is 2.64 bits per heavy atom. The number of hydrogen-bond acceptors (Lipinski definition) is 3. The number of hydrogen-bond donors (Lipinski definition) is 2. The number of nitrogens with zero attached hydrogens (tertiary/aromatic N) is 1. The molecule has 2 aromatic rings. The predicted molar refractivity (Wildman–Crippen MR) is 94.5 cm³/mol. The zero-order valence-electron chi connectivity index (χ0n) is 12.5. The first-order chi connectivity index (χ1) is 10.8. The van der Waals surface area contributed by atoms with Crippen LogP contribution < -0.4 is 15.5 Å². The zero-order chi connectivity index (χ0) is 15.6. The number of nitrogens with one attached hydrogen (secondary N) is 2. The van der Waals surface area contributed by atoms with Crippen LogP contribution in [0.15, 0.2) is 59.7 Å². The third kappa shape index (κ3) is 5.18. The Kier molecular flexibility index (Phi) is 6.39. The third-order valence-corrected chi connectivity index (χ3v) is 3.30. The van der Waals surface area contributed by atoms with Crippen LogP contribution in [-0.4, -0.2) is 25.0 Å². The molecule has 0 aliphatic heterocycles. The molecule has 4 nitrogen and oxygen atoms in total. The average Bonchev–Trinajstić information content (AvgIpc) is 2.57. The van der Waals surface area contributed by atoms with Crippen LogP contribution in [-0.2, 0) is 6.42 Å². The fourth-order valence-corrected chi connectivity index (χ4v) is 1.91. The van der Waals surface area contributed by atoms with Gasteiger partial charge in [0.15, 0.2) is 5.11 Å². The molecule has 0 atom stereocenters. The molecule has 22 heavy (non-hydrogen) atoms. The molecule has 5 heteroatoms. The number of ether oxygens (including phenoxy) is 1. The molecule has 0 aliphatic rings. The summed E-state index contributed by atoms with van der Waals surface area (Å²) in [6.07, 6.45) is 2.57. The average molecular weight is 313 g/mol. The van der Waals surface area contributed by atoms with Gasteiger partial charge in [-0.3, -0.25) is 5.43 Å². The highest BCUT2D eigenvalue weighted by molar-refractivity contribution is 7.80. The summed E-state index contributed by atoms with van der Waals surface area (Å²) in [6, 6.07) is 18.0. The Morgan fingerprint density at radius 1 is 1.14 bits per heavy atom. The fourth-order valence-electron chi connectivity index (χ4n) is 1.86. The van der Waals surface area contributed by atoms with Crippen LogP contribution >= 0.6 is 12.2 Å². The minimum Gasteiger partial charge on any atom is -0.493 e. The van der Waals surface area contributed by atoms with E-state index in [1.165, 1.54) is 5.56 Å². The van der Waals surface area contributed by atoms with Gasteiger partial charge in [0.1, 0.15) is 5.75 Å². The zero-order valence-corrected chi connectivity index (χ0v) is 13.3. The van der Waals surface area contributed by atoms with Crippen LogP contribution in [0.5, 0.6) is 5.75 Å². The molecule has 0 bridgehead atoms. The summed E-state index contributed by atoms with van der Waals surface area (Å²) in [6.45, 7) is 0.622. The van der Waals surface area contributed by atoms with Gasteiger partial charge in [-0.1, -0.05) is 42.5 Å². The molecule has 0 saturated heterocycles. The van der Waals surface area contributed by atoms with Gasteiger partial charge in [-0.15, -0.1) is 0 Å². The molecule has 2 rings (SSSR count). The lowest BCUT2D eigenvalue weighted by Crippen LogP contribution is -2.28. The van der Waals surface area contributed by atoms with Crippen molar-refractivity contribution >= 4 is 23.5 Å². The fraction of sp³-hybridized carbons (Fsp3) is 0.176. The Bertz CT molecular complexity index is 629. The monoisotopic (exact) mass is 313 g/mol. The largest absolute Gasteiger partial charge is 0.493 e. The Morgan fingerprint density at radius 2 is 1.86 bits per heavy atom. The second kappa shape index (κ2) is 8.79. The smallest absolute Gasteiger partial charge is 0.186 e. The number of thiocarbonyl (C=S) groups is 1. The Labute approximate surface area is 136 Å². The van der Waals surface area contributed by atoms with Crippen molar-refractivity contribution in [3.05, 3.63) is 65.7 Å². The van der Waals surface area contributed by atoms with E-state index in [0.29, 0.717) is 11.7 Å². The van der Waals surface area contributed by atoms with Crippen molar-refractivity contribution in [2.24, 2.45) is 5.10 Å². The lowest BCUT2D eigenvalue weighted by atomic mass is 10.2. The summed E-state index contributed by atoms with van der Waals surface area (Å²) in [5, 5.41) is 7.35. The van der Waals surface area contributed by atoms with Gasteiger partial charge in [0.2, 0.25) is 0 Å². The van der Waals surface area contributed by atoms with Crippen LogP contribution in [0.4, 0.5) is 0 Å². The summed E-state index contributed by atoms with van der Waals surface area (Å²) < 4.78 is 5.86. The standard InChI is InChI=1S/C17H19N3OS/c1-18-17(22)20-19-13-15-9-5-6-10-16(15)21-12-11-14-7-3-2-4-8-14/h2-10,13H,11-12H2,1H3,(H2,18,20,22)/b19-13-. The molecular weight excluding hydrogens is 294 g/mol. The first-order valence-corrected chi connectivity index (χ1v) is 7.47. The molecule has 0 unspecified atom stereocenters. The van der Waals surface area contributed by atoms with E-state index >= 15 is 0 Å². The van der Waals surface area contributed by atoms with Crippen LogP contribution in [0.3, 0.4) is 0 Å². The summed E-state index contributed by atoms with van der Waals surface area (Å²) in [5.74, 6) is 0.805. The van der Waals surface area contributed by atoms with Crippen molar-refractivity contribution in [1.29, 1.82) is 0 Å². The van der Waals surface area contributed by atoms with E-state index in [9.17, 15) is 0 Å². The van der Waals surface area contributed by atoms with Crippen molar-refractivity contribution in [2.45, 2.75) is 6.42 Å². The van der Waals surface area contributed by atoms with Crippen LogP contribution in [0.1, 0.15) is 11.1 Å². The molecule has 2 aromatic carbocycles. The van der Waals surface area contributed by atoms with Crippen LogP contribution in [0, 0.1) is 0 Å². The number of para-hydroxylation sites is 1. The molecule has 0 spiro atoms. The number of hydrazone groups is 1. The highest BCUT2D eigenvalue weighted by Crippen LogP contribution is 2.16. The maximum atomic E-state index is 5.86. The van der Waals surface area contributed by atoms with E-state index in [4.69, 9.17) is 17.0 Å². The van der Waals surface area contributed by atoms with E-state index < -0.39 is 0 Å². The van der Waals surface area contributed by atoms with Crippen molar-refractivity contribution in [2.75, 3.05) is 13.7 Å². The van der Waals surface area contributed by atoms with Gasteiger partial charge in [-0.25, -0.2) is 0 Å². The van der Waals surface area contributed by atoms with E-state index in [2.05, 4.69) is 28.0 Å². The van der Waals surface area contributed by atoms with Crippen LogP contribution in [0.25, 0.3) is 0 Å². The van der Waals surface area contributed by atoms with Crippen molar-refractivity contribution in [3.63, 3.8) is 0 Å². The minimum absolute atomic E-state index is 0.471. The lowest BCUT2D eigenvalue weighted by molar-refractivity contribution is 0.321. The SMILES string of the molecule is CNC(=S)N/N=C\c1ccccc1OCCc1ccccc1. The summed E-state index contributed by atoms with van der Waals surface area (Å²) >= 11 is 4.96. The van der Waals surface area contributed by atoms with E-state index in [1.807, 2.05) is 42.5 Å². The summed E-state index contributed by atoms with van der Waals surface area (Å²) in [7, 11) is 1.74. The molecule has 0 saturated carbocycles. The van der Waals surface area contributed by atoms with Crippen molar-refractivity contribution < 1.29 is 4.74 Å². The first kappa shape index (κ1) is 16.0. The molecule has 0 radical (unpaired) electrons. The summed E-state index contributed by atoms with van der Waals surface area (Å²) in [5.41, 5.74) is 4.89. The maximum absolute atomic E-state index is 5.86. The molecule has 0 fully saturated rings. The molecule has 2 N–H and O–H groups in total. The molecular formula is C17H19N3OS. The van der Waals surface area contributed by atoms with Gasteiger partial charge in [0, 0.05) is 19.0 Å². The van der Waals surface area contributed by atoms with Gasteiger partial charge < -0.3 is 10.1 Å². The molecule has 0 aliphatic carbocycles. The quantitative estimate of drug-likeness (QED) is 0.489. The van der Waals surface area contributed by atoms with Gasteiger partial charge in [-0.05, 0) is 29.9 Å². The molecule has 0 aromatic heterocycles. The predicted octanol–water partition coefficient (Wildman–Crippen LogP) is 2.74. The second-order valence-electron chi connectivity index (χ2n) is 4.57. The van der Waals surface area contributed by atoms with Crippen molar-refractivity contribution in [3.8, 4) is 5.75 Å². The Balaban J connectivity index is 1.92. The maximum Gasteiger partial charge on any atom is 0.186 e. The van der Waals surface area contributed by atoms with Gasteiger partial charge >= 0.3 is 0 Å². The topological polar surface area (TPSA) is 45.7 Å². The summed E-state index contributed by atoms with van der Waals surface area (Å²) in [4.78, 5) is 0. The first-order valence-electron chi connectivity index (χ1n) is 7.06. The highest BCUT2D eigenvalue weighted by Gasteiger charge is 2.01. The number of rotatable bonds is 6.